The SMILES string of the molecule is CCCCCCOc1c(Br)cc(CNCC(C)C)cc1Br. The lowest BCUT2D eigenvalue weighted by Crippen LogP contribution is -2.19. The highest BCUT2D eigenvalue weighted by molar-refractivity contribution is 9.11. The van der Waals surface area contributed by atoms with Gasteiger partial charge in [0.25, 0.3) is 0 Å². The number of benzene rings is 1. The van der Waals surface area contributed by atoms with Crippen LogP contribution in [-0.2, 0) is 6.54 Å². The van der Waals surface area contributed by atoms with Gasteiger partial charge in [-0.15, -0.1) is 0 Å². The maximum absolute atomic E-state index is 5.90. The van der Waals surface area contributed by atoms with Gasteiger partial charge in [-0.2, -0.15) is 0 Å². The molecule has 0 atom stereocenters. The molecule has 0 spiro atoms. The van der Waals surface area contributed by atoms with Crippen molar-refractivity contribution in [1.29, 1.82) is 0 Å². The van der Waals surface area contributed by atoms with Gasteiger partial charge < -0.3 is 10.1 Å². The molecule has 0 aromatic heterocycles. The Morgan fingerprint density at radius 3 is 2.33 bits per heavy atom. The lowest BCUT2D eigenvalue weighted by Gasteiger charge is -2.13. The maximum atomic E-state index is 5.90. The van der Waals surface area contributed by atoms with Crippen LogP contribution in [0, 0.1) is 5.92 Å². The van der Waals surface area contributed by atoms with Crippen LogP contribution >= 0.6 is 31.9 Å². The van der Waals surface area contributed by atoms with Gasteiger partial charge in [-0.05, 0) is 68.4 Å². The zero-order chi connectivity index (χ0) is 15.7. The Kier molecular flexibility index (Phi) is 9.61. The number of halogens is 2. The molecule has 0 amide bonds. The third kappa shape index (κ3) is 7.66. The first-order chi connectivity index (χ1) is 10.0. The fourth-order valence-corrected chi connectivity index (χ4v) is 3.57. The molecule has 1 N–H and O–H groups in total. The third-order valence-electron chi connectivity index (χ3n) is 3.18. The van der Waals surface area contributed by atoms with Gasteiger partial charge in [-0.1, -0.05) is 40.0 Å². The average molecular weight is 421 g/mol. The van der Waals surface area contributed by atoms with Gasteiger partial charge in [0.15, 0.2) is 0 Å². The minimum Gasteiger partial charge on any atom is -0.491 e. The Hall–Kier alpha value is -0.0600. The van der Waals surface area contributed by atoms with Crippen molar-refractivity contribution in [3.63, 3.8) is 0 Å². The highest BCUT2D eigenvalue weighted by Crippen LogP contribution is 2.35. The van der Waals surface area contributed by atoms with Gasteiger partial charge >= 0.3 is 0 Å². The molecule has 21 heavy (non-hydrogen) atoms. The smallest absolute Gasteiger partial charge is 0.147 e. The van der Waals surface area contributed by atoms with Crippen molar-refractivity contribution in [2.45, 2.75) is 53.0 Å². The quantitative estimate of drug-likeness (QED) is 0.474. The van der Waals surface area contributed by atoms with E-state index in [-0.39, 0.29) is 0 Å². The number of unbranched alkanes of at least 4 members (excludes halogenated alkanes) is 3. The molecule has 0 radical (unpaired) electrons. The van der Waals surface area contributed by atoms with Crippen LogP contribution in [0.3, 0.4) is 0 Å². The molecule has 1 aromatic rings. The van der Waals surface area contributed by atoms with Gasteiger partial charge in [0, 0.05) is 6.54 Å². The molecule has 0 unspecified atom stereocenters. The highest BCUT2D eigenvalue weighted by Gasteiger charge is 2.09. The van der Waals surface area contributed by atoms with Crippen molar-refractivity contribution in [2.75, 3.05) is 13.2 Å². The van der Waals surface area contributed by atoms with Crippen molar-refractivity contribution in [3.8, 4) is 5.75 Å². The van der Waals surface area contributed by atoms with E-state index in [4.69, 9.17) is 4.74 Å². The molecule has 1 aromatic carbocycles. The summed E-state index contributed by atoms with van der Waals surface area (Å²) in [6.45, 7) is 9.35. The minimum atomic E-state index is 0.669. The summed E-state index contributed by atoms with van der Waals surface area (Å²) >= 11 is 7.24. The van der Waals surface area contributed by atoms with E-state index in [0.29, 0.717) is 5.92 Å². The van der Waals surface area contributed by atoms with Crippen molar-refractivity contribution in [3.05, 3.63) is 26.6 Å². The molecule has 0 fully saturated rings. The van der Waals surface area contributed by atoms with Crippen LogP contribution in [0.5, 0.6) is 5.75 Å². The molecule has 4 heteroatoms. The molecule has 0 saturated heterocycles. The number of hydrogen-bond donors (Lipinski definition) is 1. The van der Waals surface area contributed by atoms with Crippen LogP contribution < -0.4 is 10.1 Å². The summed E-state index contributed by atoms with van der Waals surface area (Å²) in [6.07, 6.45) is 4.89. The summed E-state index contributed by atoms with van der Waals surface area (Å²) in [7, 11) is 0. The minimum absolute atomic E-state index is 0.669. The number of nitrogens with one attached hydrogen (secondary N) is 1. The molecule has 0 aliphatic rings. The normalized spacial score (nSPS) is 11.1. The van der Waals surface area contributed by atoms with Crippen LogP contribution in [-0.4, -0.2) is 13.2 Å². The van der Waals surface area contributed by atoms with E-state index < -0.39 is 0 Å². The summed E-state index contributed by atoms with van der Waals surface area (Å²) in [6, 6.07) is 4.28. The molecule has 0 bridgehead atoms. The second kappa shape index (κ2) is 10.6. The van der Waals surface area contributed by atoms with Crippen molar-refractivity contribution >= 4 is 31.9 Å². The topological polar surface area (TPSA) is 21.3 Å². The Labute approximate surface area is 146 Å². The summed E-state index contributed by atoms with van der Waals surface area (Å²) in [4.78, 5) is 0. The molecular formula is C17H27Br2NO. The highest BCUT2D eigenvalue weighted by atomic mass is 79.9. The van der Waals surface area contributed by atoms with Crippen molar-refractivity contribution in [2.24, 2.45) is 5.92 Å². The average Bonchev–Trinajstić information content (AvgIpc) is 2.40. The molecule has 0 aliphatic heterocycles. The van der Waals surface area contributed by atoms with E-state index in [1.54, 1.807) is 0 Å². The summed E-state index contributed by atoms with van der Waals surface area (Å²) in [5.41, 5.74) is 1.26. The van der Waals surface area contributed by atoms with Crippen LogP contribution in [0.25, 0.3) is 0 Å². The van der Waals surface area contributed by atoms with Gasteiger partial charge in [0.2, 0.25) is 0 Å². The Morgan fingerprint density at radius 1 is 1.10 bits per heavy atom. The fraction of sp³-hybridized carbons (Fsp3) is 0.647. The first kappa shape index (κ1) is 19.0. The van der Waals surface area contributed by atoms with Crippen LogP contribution in [0.2, 0.25) is 0 Å². The molecular weight excluding hydrogens is 394 g/mol. The Balaban J connectivity index is 2.50. The third-order valence-corrected chi connectivity index (χ3v) is 4.36. The molecule has 120 valence electrons. The number of ether oxygens (including phenoxy) is 1. The Bertz CT molecular complexity index is 398. The van der Waals surface area contributed by atoms with Crippen LogP contribution in [0.4, 0.5) is 0 Å². The van der Waals surface area contributed by atoms with E-state index in [1.165, 1.54) is 24.8 Å². The number of rotatable bonds is 10. The zero-order valence-corrected chi connectivity index (χ0v) is 16.5. The number of hydrogen-bond acceptors (Lipinski definition) is 2. The van der Waals surface area contributed by atoms with E-state index in [0.717, 1.165) is 40.8 Å². The van der Waals surface area contributed by atoms with E-state index in [2.05, 4.69) is 70.1 Å². The summed E-state index contributed by atoms with van der Waals surface area (Å²) in [5.74, 6) is 1.58. The van der Waals surface area contributed by atoms with E-state index >= 15 is 0 Å². The lowest BCUT2D eigenvalue weighted by atomic mass is 10.2. The van der Waals surface area contributed by atoms with Gasteiger partial charge in [0.1, 0.15) is 5.75 Å². The summed E-state index contributed by atoms with van der Waals surface area (Å²) < 4.78 is 7.94. The zero-order valence-electron chi connectivity index (χ0n) is 13.3. The predicted octanol–water partition coefficient (Wildman–Crippen LogP) is 5.92. The van der Waals surface area contributed by atoms with E-state index in [9.17, 15) is 0 Å². The largest absolute Gasteiger partial charge is 0.491 e. The molecule has 2 nitrogen and oxygen atoms in total. The second-order valence-electron chi connectivity index (χ2n) is 5.82. The Morgan fingerprint density at radius 2 is 1.76 bits per heavy atom. The first-order valence-corrected chi connectivity index (χ1v) is 9.44. The van der Waals surface area contributed by atoms with Crippen LogP contribution in [0.15, 0.2) is 21.1 Å². The fourth-order valence-electron chi connectivity index (χ4n) is 2.06. The maximum Gasteiger partial charge on any atom is 0.147 e. The van der Waals surface area contributed by atoms with Gasteiger partial charge in [-0.3, -0.25) is 0 Å². The molecule has 0 saturated carbocycles. The second-order valence-corrected chi connectivity index (χ2v) is 7.53. The lowest BCUT2D eigenvalue weighted by molar-refractivity contribution is 0.301. The predicted molar refractivity (Wildman–Crippen MR) is 98.0 cm³/mol. The molecule has 0 heterocycles. The molecule has 1 rings (SSSR count). The monoisotopic (exact) mass is 419 g/mol. The van der Waals surface area contributed by atoms with Crippen molar-refractivity contribution < 1.29 is 4.74 Å². The van der Waals surface area contributed by atoms with E-state index in [1.807, 2.05) is 0 Å². The van der Waals surface area contributed by atoms with Gasteiger partial charge in [0.05, 0.1) is 15.6 Å². The standard InChI is InChI=1S/C17H27Br2NO/c1-4-5-6-7-8-21-17-15(18)9-14(10-16(17)19)12-20-11-13(2)3/h9-10,13,20H,4-8,11-12H2,1-3H3. The van der Waals surface area contributed by atoms with Crippen molar-refractivity contribution in [1.82, 2.24) is 5.32 Å². The molecule has 0 aliphatic carbocycles. The van der Waals surface area contributed by atoms with Crippen LogP contribution in [0.1, 0.15) is 52.0 Å². The van der Waals surface area contributed by atoms with Gasteiger partial charge in [-0.25, -0.2) is 0 Å². The summed E-state index contributed by atoms with van der Waals surface area (Å²) in [5, 5.41) is 3.46. The first-order valence-electron chi connectivity index (χ1n) is 7.86.